The fraction of sp³-hybridized carbons (Fsp3) is 0.500. The number of hydrogen-bond donors (Lipinski definition) is 2. The van der Waals surface area contributed by atoms with Gasteiger partial charge in [-0.2, -0.15) is 0 Å². The summed E-state index contributed by atoms with van der Waals surface area (Å²) < 4.78 is 5.69. The van der Waals surface area contributed by atoms with Crippen LogP contribution in [0.25, 0.3) is 11.5 Å². The smallest absolute Gasteiger partial charge is 0.241 e. The Labute approximate surface area is 148 Å². The van der Waals surface area contributed by atoms with Gasteiger partial charge in [0.2, 0.25) is 11.8 Å². The van der Waals surface area contributed by atoms with Crippen molar-refractivity contribution in [2.75, 3.05) is 5.32 Å². The van der Waals surface area contributed by atoms with Crippen molar-refractivity contribution in [3.05, 3.63) is 35.7 Å². The van der Waals surface area contributed by atoms with E-state index in [2.05, 4.69) is 15.6 Å². The third-order valence-electron chi connectivity index (χ3n) is 5.58. The van der Waals surface area contributed by atoms with Crippen molar-refractivity contribution in [3.8, 4) is 11.5 Å². The number of oxazole rings is 1. The topological polar surface area (TPSA) is 67.2 Å². The molecule has 1 aliphatic heterocycles. The van der Waals surface area contributed by atoms with E-state index in [0.29, 0.717) is 17.9 Å². The normalized spacial score (nSPS) is 25.6. The molecule has 2 fully saturated rings. The Balaban J connectivity index is 1.46. The minimum atomic E-state index is -0.0806. The molecule has 1 amide bonds. The Bertz CT molecular complexity index is 749. The number of aromatic nitrogens is 1. The highest BCUT2D eigenvalue weighted by atomic mass is 16.4. The number of anilines is 1. The summed E-state index contributed by atoms with van der Waals surface area (Å²) in [5, 5.41) is 6.58. The lowest BCUT2D eigenvalue weighted by Crippen LogP contribution is -2.39. The first kappa shape index (κ1) is 16.3. The quantitative estimate of drug-likeness (QED) is 0.892. The third kappa shape index (κ3) is 3.33. The van der Waals surface area contributed by atoms with E-state index in [1.165, 1.54) is 25.7 Å². The van der Waals surface area contributed by atoms with Crippen LogP contribution >= 0.6 is 0 Å². The first-order valence-corrected chi connectivity index (χ1v) is 9.21. The van der Waals surface area contributed by atoms with Gasteiger partial charge in [0.25, 0.3) is 0 Å². The van der Waals surface area contributed by atoms with E-state index in [0.717, 1.165) is 29.1 Å². The molecule has 5 nitrogen and oxygen atoms in total. The molecule has 0 bridgehead atoms. The van der Waals surface area contributed by atoms with Crippen LogP contribution < -0.4 is 10.6 Å². The predicted molar refractivity (Wildman–Crippen MR) is 97.3 cm³/mol. The average molecular weight is 339 g/mol. The number of benzene rings is 1. The lowest BCUT2D eigenvalue weighted by atomic mass is 9.85. The number of nitrogens with zero attached hydrogens (tertiary/aromatic N) is 1. The van der Waals surface area contributed by atoms with E-state index in [-0.39, 0.29) is 11.9 Å². The van der Waals surface area contributed by atoms with Crippen LogP contribution in [-0.4, -0.2) is 23.0 Å². The molecule has 2 aromatic rings. The molecular weight excluding hydrogens is 314 g/mol. The number of aryl methyl sites for hydroxylation is 2. The number of amides is 1. The minimum Gasteiger partial charge on any atom is -0.441 e. The Morgan fingerprint density at radius 3 is 2.88 bits per heavy atom. The Kier molecular flexibility index (Phi) is 4.34. The summed E-state index contributed by atoms with van der Waals surface area (Å²) >= 11 is 0. The highest BCUT2D eigenvalue weighted by molar-refractivity contribution is 5.95. The molecule has 1 aliphatic carbocycles. The predicted octanol–water partition coefficient (Wildman–Crippen LogP) is 3.82. The van der Waals surface area contributed by atoms with E-state index in [1.807, 2.05) is 38.1 Å². The van der Waals surface area contributed by atoms with Crippen LogP contribution in [0.5, 0.6) is 0 Å². The molecule has 1 aromatic heterocycles. The second kappa shape index (κ2) is 6.64. The molecule has 1 aromatic carbocycles. The standard InChI is InChI=1S/C20H25N3O2/c1-12-13(2)25-20(21-12)15-7-5-8-16(10-15)22-19(24)18-11-14-6-3-4-9-17(14)23-18/h5,7-8,10,14,17-18,23H,3-4,6,9,11H2,1-2H3,(H,22,24). The Morgan fingerprint density at radius 2 is 2.12 bits per heavy atom. The zero-order valence-corrected chi connectivity index (χ0v) is 14.8. The number of carbonyl (C=O) groups is 1. The van der Waals surface area contributed by atoms with Gasteiger partial charge in [-0.25, -0.2) is 4.98 Å². The van der Waals surface area contributed by atoms with Gasteiger partial charge in [0.1, 0.15) is 5.76 Å². The summed E-state index contributed by atoms with van der Waals surface area (Å²) in [6.45, 7) is 3.84. The summed E-state index contributed by atoms with van der Waals surface area (Å²) in [5.74, 6) is 2.14. The van der Waals surface area contributed by atoms with Gasteiger partial charge in [-0.05, 0) is 57.2 Å². The molecule has 3 atom stereocenters. The largest absolute Gasteiger partial charge is 0.441 e. The number of hydrogen-bond acceptors (Lipinski definition) is 4. The van der Waals surface area contributed by atoms with Gasteiger partial charge in [-0.15, -0.1) is 0 Å². The van der Waals surface area contributed by atoms with Gasteiger partial charge in [-0.1, -0.05) is 18.9 Å². The molecule has 1 saturated heterocycles. The number of fused-ring (bicyclic) bond motifs is 1. The van der Waals surface area contributed by atoms with Crippen LogP contribution in [0.15, 0.2) is 28.7 Å². The zero-order valence-electron chi connectivity index (χ0n) is 14.8. The Morgan fingerprint density at radius 1 is 1.28 bits per heavy atom. The first-order chi connectivity index (χ1) is 12.1. The van der Waals surface area contributed by atoms with Gasteiger partial charge >= 0.3 is 0 Å². The van der Waals surface area contributed by atoms with Crippen LogP contribution in [0.4, 0.5) is 5.69 Å². The lowest BCUT2D eigenvalue weighted by molar-refractivity contribution is -0.117. The molecule has 2 aliphatic rings. The molecule has 132 valence electrons. The first-order valence-electron chi connectivity index (χ1n) is 9.21. The fourth-order valence-electron chi connectivity index (χ4n) is 4.08. The maximum Gasteiger partial charge on any atom is 0.241 e. The van der Waals surface area contributed by atoms with Gasteiger partial charge in [-0.3, -0.25) is 4.79 Å². The van der Waals surface area contributed by atoms with Gasteiger partial charge in [0.15, 0.2) is 0 Å². The molecule has 3 unspecified atom stereocenters. The highest BCUT2D eigenvalue weighted by Crippen LogP contribution is 2.33. The van der Waals surface area contributed by atoms with Gasteiger partial charge < -0.3 is 15.1 Å². The summed E-state index contributed by atoms with van der Waals surface area (Å²) in [5.41, 5.74) is 2.55. The Hall–Kier alpha value is -2.14. The minimum absolute atomic E-state index is 0.0614. The van der Waals surface area contributed by atoms with Crippen LogP contribution in [0, 0.1) is 19.8 Å². The maximum atomic E-state index is 12.7. The number of carbonyl (C=O) groups excluding carboxylic acids is 1. The molecular formula is C20H25N3O2. The summed E-state index contributed by atoms with van der Waals surface area (Å²) in [6, 6.07) is 8.14. The molecule has 2 heterocycles. The van der Waals surface area contributed by atoms with Crippen molar-refractivity contribution in [2.24, 2.45) is 5.92 Å². The number of nitrogens with one attached hydrogen (secondary N) is 2. The molecule has 4 rings (SSSR count). The van der Waals surface area contributed by atoms with Gasteiger partial charge in [0.05, 0.1) is 11.7 Å². The molecule has 0 spiro atoms. The maximum absolute atomic E-state index is 12.7. The second-order valence-electron chi connectivity index (χ2n) is 7.34. The zero-order chi connectivity index (χ0) is 17.4. The van der Waals surface area contributed by atoms with E-state index >= 15 is 0 Å². The summed E-state index contributed by atoms with van der Waals surface area (Å²) in [7, 11) is 0. The van der Waals surface area contributed by atoms with E-state index < -0.39 is 0 Å². The van der Waals surface area contributed by atoms with Crippen molar-refractivity contribution in [2.45, 2.75) is 58.0 Å². The molecule has 0 radical (unpaired) electrons. The lowest BCUT2D eigenvalue weighted by Gasteiger charge is -2.24. The molecule has 2 N–H and O–H groups in total. The number of rotatable bonds is 3. The molecule has 1 saturated carbocycles. The summed E-state index contributed by atoms with van der Waals surface area (Å²) in [4.78, 5) is 17.1. The van der Waals surface area contributed by atoms with Crippen molar-refractivity contribution >= 4 is 11.6 Å². The van der Waals surface area contributed by atoms with Crippen molar-refractivity contribution in [1.82, 2.24) is 10.3 Å². The average Bonchev–Trinajstić information content (AvgIpc) is 3.19. The van der Waals surface area contributed by atoms with E-state index in [4.69, 9.17) is 4.42 Å². The van der Waals surface area contributed by atoms with Gasteiger partial charge in [0, 0.05) is 17.3 Å². The third-order valence-corrected chi connectivity index (χ3v) is 5.58. The van der Waals surface area contributed by atoms with Crippen LogP contribution in [0.3, 0.4) is 0 Å². The summed E-state index contributed by atoms with van der Waals surface area (Å²) in [6.07, 6.45) is 5.98. The SMILES string of the molecule is Cc1nc(-c2cccc(NC(=O)C3CC4CCCCC4N3)c2)oc1C. The molecule has 25 heavy (non-hydrogen) atoms. The molecule has 5 heteroatoms. The second-order valence-corrected chi connectivity index (χ2v) is 7.34. The van der Waals surface area contributed by atoms with Crippen LogP contribution in [0.1, 0.15) is 43.6 Å². The van der Waals surface area contributed by atoms with Crippen LogP contribution in [0.2, 0.25) is 0 Å². The highest BCUT2D eigenvalue weighted by Gasteiger charge is 2.38. The van der Waals surface area contributed by atoms with Crippen molar-refractivity contribution in [3.63, 3.8) is 0 Å². The monoisotopic (exact) mass is 339 g/mol. The van der Waals surface area contributed by atoms with Crippen molar-refractivity contribution < 1.29 is 9.21 Å². The van der Waals surface area contributed by atoms with E-state index in [1.54, 1.807) is 0 Å². The fourth-order valence-corrected chi connectivity index (χ4v) is 4.08. The van der Waals surface area contributed by atoms with Crippen molar-refractivity contribution in [1.29, 1.82) is 0 Å². The van der Waals surface area contributed by atoms with Crippen LogP contribution in [-0.2, 0) is 4.79 Å². The van der Waals surface area contributed by atoms with E-state index in [9.17, 15) is 4.79 Å².